The number of piperidine rings is 1. The minimum absolute atomic E-state index is 0.0292. The van der Waals surface area contributed by atoms with Crippen LogP contribution in [0.2, 0.25) is 0 Å². The second kappa shape index (κ2) is 8.01. The van der Waals surface area contributed by atoms with Crippen LogP contribution in [0.5, 0.6) is 5.75 Å². The highest BCUT2D eigenvalue weighted by Crippen LogP contribution is 2.32. The van der Waals surface area contributed by atoms with Crippen molar-refractivity contribution in [2.24, 2.45) is 0 Å². The molecule has 0 saturated carbocycles. The molecule has 1 unspecified atom stereocenters. The number of rotatable bonds is 4. The minimum atomic E-state index is -4.47. The van der Waals surface area contributed by atoms with Gasteiger partial charge in [-0.3, -0.25) is 4.79 Å². The van der Waals surface area contributed by atoms with E-state index in [0.717, 1.165) is 30.2 Å². The number of amides is 1. The van der Waals surface area contributed by atoms with Crippen molar-refractivity contribution in [2.45, 2.75) is 31.4 Å². The minimum Gasteiger partial charge on any atom is -0.497 e. The number of fused-ring (bicyclic) bond motifs is 1. The van der Waals surface area contributed by atoms with Crippen molar-refractivity contribution in [1.29, 1.82) is 0 Å². The molecule has 30 heavy (non-hydrogen) atoms. The van der Waals surface area contributed by atoms with E-state index in [1.54, 1.807) is 13.2 Å². The van der Waals surface area contributed by atoms with E-state index in [1.807, 2.05) is 29.2 Å². The number of nitrogens with zero attached hydrogens (tertiary/aromatic N) is 2. The summed E-state index contributed by atoms with van der Waals surface area (Å²) in [6.07, 6.45) is -2.49. The fourth-order valence-electron chi connectivity index (χ4n) is 3.93. The van der Waals surface area contributed by atoms with E-state index >= 15 is 0 Å². The smallest absolute Gasteiger partial charge is 0.433 e. The summed E-state index contributed by atoms with van der Waals surface area (Å²) in [4.78, 5) is 21.6. The number of likely N-dealkylation sites (tertiary alicyclic amines) is 1. The third kappa shape index (κ3) is 4.27. The summed E-state index contributed by atoms with van der Waals surface area (Å²) in [5.74, 6) is 0.777. The van der Waals surface area contributed by atoms with E-state index in [1.165, 1.54) is 6.07 Å². The number of ether oxygens (including phenoxy) is 1. The fraction of sp³-hybridized carbons (Fsp3) is 0.364. The van der Waals surface area contributed by atoms with Gasteiger partial charge in [-0.15, -0.1) is 0 Å². The molecule has 0 bridgehead atoms. The number of benzene rings is 1. The van der Waals surface area contributed by atoms with Gasteiger partial charge in [0.05, 0.1) is 24.6 Å². The van der Waals surface area contributed by atoms with E-state index in [-0.39, 0.29) is 18.2 Å². The number of carbonyl (C=O) groups excluding carboxylic acids is 1. The van der Waals surface area contributed by atoms with Crippen molar-refractivity contribution in [3.8, 4) is 5.75 Å². The molecule has 3 heterocycles. The quantitative estimate of drug-likeness (QED) is 0.678. The van der Waals surface area contributed by atoms with Gasteiger partial charge in [0.2, 0.25) is 5.91 Å². The predicted molar refractivity (Wildman–Crippen MR) is 106 cm³/mol. The van der Waals surface area contributed by atoms with Gasteiger partial charge in [0, 0.05) is 24.7 Å². The number of halogens is 3. The molecule has 0 radical (unpaired) electrons. The van der Waals surface area contributed by atoms with E-state index in [2.05, 4.69) is 9.97 Å². The highest BCUT2D eigenvalue weighted by molar-refractivity contribution is 5.79. The van der Waals surface area contributed by atoms with Crippen LogP contribution in [-0.2, 0) is 17.4 Å². The van der Waals surface area contributed by atoms with Gasteiger partial charge in [0.25, 0.3) is 0 Å². The molecule has 1 N–H and O–H groups in total. The number of alkyl halides is 3. The Labute approximate surface area is 171 Å². The molecule has 8 heteroatoms. The summed E-state index contributed by atoms with van der Waals surface area (Å²) in [6, 6.07) is 11.5. The summed E-state index contributed by atoms with van der Waals surface area (Å²) in [7, 11) is 1.59. The largest absolute Gasteiger partial charge is 0.497 e. The van der Waals surface area contributed by atoms with Crippen LogP contribution in [0.3, 0.4) is 0 Å². The SMILES string of the molecule is COc1cccc(CC(=O)N2CCCC(c3cc4nc(C(F)(F)F)ccc4[nH]3)C2)c1. The summed E-state index contributed by atoms with van der Waals surface area (Å²) in [6.45, 7) is 1.21. The average Bonchev–Trinajstić information content (AvgIpc) is 3.17. The summed E-state index contributed by atoms with van der Waals surface area (Å²) >= 11 is 0. The fourth-order valence-corrected chi connectivity index (χ4v) is 3.93. The molecule has 1 aliphatic rings. The number of pyridine rings is 1. The Kier molecular flexibility index (Phi) is 5.40. The molecule has 158 valence electrons. The Hall–Kier alpha value is -3.03. The maximum Gasteiger partial charge on any atom is 0.433 e. The number of aromatic amines is 1. The Bertz CT molecular complexity index is 1060. The molecular weight excluding hydrogens is 395 g/mol. The highest BCUT2D eigenvalue weighted by Gasteiger charge is 2.33. The zero-order valence-corrected chi connectivity index (χ0v) is 16.5. The third-order valence-corrected chi connectivity index (χ3v) is 5.49. The summed E-state index contributed by atoms with van der Waals surface area (Å²) in [5.41, 5.74) is 1.66. The molecule has 4 rings (SSSR count). The van der Waals surface area contributed by atoms with Crippen molar-refractivity contribution in [1.82, 2.24) is 14.9 Å². The van der Waals surface area contributed by atoms with Crippen molar-refractivity contribution in [3.63, 3.8) is 0 Å². The molecule has 1 aliphatic heterocycles. The van der Waals surface area contributed by atoms with Crippen LogP contribution in [0, 0.1) is 0 Å². The first-order valence-electron chi connectivity index (χ1n) is 9.81. The van der Waals surface area contributed by atoms with Gasteiger partial charge in [-0.1, -0.05) is 12.1 Å². The average molecular weight is 417 g/mol. The number of hydrogen-bond donors (Lipinski definition) is 1. The van der Waals surface area contributed by atoms with Crippen molar-refractivity contribution in [3.05, 3.63) is 59.4 Å². The Morgan fingerprint density at radius 1 is 1.27 bits per heavy atom. The zero-order chi connectivity index (χ0) is 21.3. The van der Waals surface area contributed by atoms with Gasteiger partial charge in [-0.2, -0.15) is 13.2 Å². The molecule has 1 amide bonds. The topological polar surface area (TPSA) is 58.2 Å². The van der Waals surface area contributed by atoms with Crippen molar-refractivity contribution in [2.75, 3.05) is 20.2 Å². The van der Waals surface area contributed by atoms with Crippen LogP contribution in [0.25, 0.3) is 11.0 Å². The molecule has 1 saturated heterocycles. The molecule has 0 spiro atoms. The zero-order valence-electron chi connectivity index (χ0n) is 16.5. The normalized spacial score (nSPS) is 17.3. The molecule has 1 aromatic carbocycles. The first kappa shape index (κ1) is 20.3. The lowest BCUT2D eigenvalue weighted by molar-refractivity contribution is -0.141. The molecule has 0 aliphatic carbocycles. The summed E-state index contributed by atoms with van der Waals surface area (Å²) in [5, 5.41) is 0. The van der Waals surface area contributed by atoms with Crippen LogP contribution in [-0.4, -0.2) is 41.0 Å². The van der Waals surface area contributed by atoms with Crippen LogP contribution in [0.15, 0.2) is 42.5 Å². The van der Waals surface area contributed by atoms with Crippen LogP contribution >= 0.6 is 0 Å². The van der Waals surface area contributed by atoms with E-state index < -0.39 is 11.9 Å². The molecule has 1 fully saturated rings. The Morgan fingerprint density at radius 3 is 2.87 bits per heavy atom. The maximum absolute atomic E-state index is 12.9. The lowest BCUT2D eigenvalue weighted by Gasteiger charge is -2.32. The van der Waals surface area contributed by atoms with Gasteiger partial charge in [0.15, 0.2) is 0 Å². The van der Waals surface area contributed by atoms with Gasteiger partial charge in [-0.05, 0) is 48.7 Å². The van der Waals surface area contributed by atoms with Crippen LogP contribution in [0.1, 0.15) is 35.7 Å². The highest BCUT2D eigenvalue weighted by atomic mass is 19.4. The van der Waals surface area contributed by atoms with Gasteiger partial charge in [-0.25, -0.2) is 4.98 Å². The second-order valence-corrected chi connectivity index (χ2v) is 7.56. The van der Waals surface area contributed by atoms with Gasteiger partial charge in [0.1, 0.15) is 11.4 Å². The van der Waals surface area contributed by atoms with E-state index in [4.69, 9.17) is 4.74 Å². The number of carbonyl (C=O) groups is 1. The van der Waals surface area contributed by atoms with E-state index in [0.29, 0.717) is 29.9 Å². The lowest BCUT2D eigenvalue weighted by Crippen LogP contribution is -2.40. The number of methoxy groups -OCH3 is 1. The number of nitrogens with one attached hydrogen (secondary N) is 1. The molecular formula is C22H22F3N3O2. The monoisotopic (exact) mass is 417 g/mol. The molecule has 2 aromatic heterocycles. The summed E-state index contributed by atoms with van der Waals surface area (Å²) < 4.78 is 44.0. The molecule has 1 atom stereocenters. The maximum atomic E-state index is 12.9. The second-order valence-electron chi connectivity index (χ2n) is 7.56. The lowest BCUT2D eigenvalue weighted by atomic mass is 9.94. The first-order valence-corrected chi connectivity index (χ1v) is 9.81. The third-order valence-electron chi connectivity index (χ3n) is 5.49. The van der Waals surface area contributed by atoms with Gasteiger partial charge >= 0.3 is 6.18 Å². The number of hydrogen-bond acceptors (Lipinski definition) is 3. The van der Waals surface area contributed by atoms with Crippen LogP contribution < -0.4 is 4.74 Å². The van der Waals surface area contributed by atoms with Crippen LogP contribution in [0.4, 0.5) is 13.2 Å². The predicted octanol–water partition coefficient (Wildman–Crippen LogP) is 4.54. The van der Waals surface area contributed by atoms with E-state index in [9.17, 15) is 18.0 Å². The molecule has 3 aromatic rings. The van der Waals surface area contributed by atoms with Crippen molar-refractivity contribution >= 4 is 16.9 Å². The van der Waals surface area contributed by atoms with Gasteiger partial charge < -0.3 is 14.6 Å². The first-order chi connectivity index (χ1) is 14.3. The number of aromatic nitrogens is 2. The Balaban J connectivity index is 1.48. The standard InChI is InChI=1S/C22H22F3N3O2/c1-30-16-6-2-4-14(10-16)11-21(29)28-9-3-5-15(13-28)18-12-19-17(26-18)7-8-20(27-19)22(23,24)25/h2,4,6-8,10,12,15,26H,3,5,9,11,13H2,1H3. The van der Waals surface area contributed by atoms with Crippen molar-refractivity contribution < 1.29 is 22.7 Å². The Morgan fingerprint density at radius 2 is 2.10 bits per heavy atom. The molecule has 5 nitrogen and oxygen atoms in total. The number of H-pyrrole nitrogens is 1.